The zero-order valence-corrected chi connectivity index (χ0v) is 23.2. The summed E-state index contributed by atoms with van der Waals surface area (Å²) < 4.78 is 1.65. The van der Waals surface area contributed by atoms with Crippen molar-refractivity contribution >= 4 is 28.9 Å². The number of nitrogens with one attached hydrogen (secondary N) is 1. The molecule has 3 N–H and O–H groups in total. The summed E-state index contributed by atoms with van der Waals surface area (Å²) in [6, 6.07) is 11.4. The standard InChI is InChI=1S/C29H33N7O6/c1-20(5-2-3-12-33-19-22(10-14-37)31-32-33)29(40)25-16-24(36(41)42)8-9-26(25)35(28(29)39)18-21-6-4-7-23(15-21)34-13-11-30-17-27(34)38/h2,4-9,15-16,19-20,30,37,40H,3,10-14,17-18H2,1H3/b5-2+/t20-,29+/m1/s1. The summed E-state index contributed by atoms with van der Waals surface area (Å²) in [6.45, 7) is 3.76. The number of allylic oxidation sites excluding steroid dienone is 1. The molecule has 13 heteroatoms. The molecule has 1 fully saturated rings. The zero-order valence-electron chi connectivity index (χ0n) is 23.2. The zero-order chi connectivity index (χ0) is 29.9. The number of hydrogen-bond donors (Lipinski definition) is 3. The van der Waals surface area contributed by atoms with E-state index in [1.807, 2.05) is 30.3 Å². The van der Waals surface area contributed by atoms with Gasteiger partial charge in [-0.25, -0.2) is 0 Å². The van der Waals surface area contributed by atoms with Crippen molar-refractivity contribution in [3.63, 3.8) is 0 Å². The number of aliphatic hydroxyl groups is 2. The van der Waals surface area contributed by atoms with Gasteiger partial charge in [0.25, 0.3) is 11.6 Å². The summed E-state index contributed by atoms with van der Waals surface area (Å²) in [5.41, 5.74) is 0.486. The van der Waals surface area contributed by atoms with E-state index >= 15 is 0 Å². The Morgan fingerprint density at radius 3 is 2.83 bits per heavy atom. The molecule has 3 heterocycles. The number of fused-ring (bicyclic) bond motifs is 1. The number of aliphatic hydroxyl groups excluding tert-OH is 1. The number of nitrogens with zero attached hydrogens (tertiary/aromatic N) is 6. The van der Waals surface area contributed by atoms with E-state index in [0.717, 1.165) is 11.3 Å². The lowest BCUT2D eigenvalue weighted by Gasteiger charge is -2.29. The topological polar surface area (TPSA) is 167 Å². The third kappa shape index (κ3) is 5.66. The van der Waals surface area contributed by atoms with Gasteiger partial charge in [-0.15, -0.1) is 5.10 Å². The van der Waals surface area contributed by atoms with Crippen LogP contribution in [0, 0.1) is 16.0 Å². The van der Waals surface area contributed by atoms with Crippen LogP contribution in [0.15, 0.2) is 60.8 Å². The second kappa shape index (κ2) is 12.2. The second-order valence-corrected chi connectivity index (χ2v) is 10.5. The number of rotatable bonds is 11. The largest absolute Gasteiger partial charge is 0.396 e. The van der Waals surface area contributed by atoms with Crippen molar-refractivity contribution in [1.82, 2.24) is 20.3 Å². The molecule has 5 rings (SSSR count). The van der Waals surface area contributed by atoms with E-state index < -0.39 is 22.3 Å². The molecule has 2 aliphatic rings. The lowest BCUT2D eigenvalue weighted by Crippen LogP contribution is -2.48. The molecule has 0 saturated carbocycles. The van der Waals surface area contributed by atoms with Crippen LogP contribution in [0.5, 0.6) is 0 Å². The fourth-order valence-electron chi connectivity index (χ4n) is 5.41. The van der Waals surface area contributed by atoms with E-state index in [9.17, 15) is 24.8 Å². The molecule has 0 radical (unpaired) electrons. The predicted octanol–water partition coefficient (Wildman–Crippen LogP) is 1.67. The van der Waals surface area contributed by atoms with Gasteiger partial charge in [-0.05, 0) is 30.2 Å². The molecule has 2 amide bonds. The molecular weight excluding hydrogens is 542 g/mol. The predicted molar refractivity (Wildman–Crippen MR) is 154 cm³/mol. The number of hydrogen-bond acceptors (Lipinski definition) is 9. The highest BCUT2D eigenvalue weighted by atomic mass is 16.6. The van der Waals surface area contributed by atoms with Gasteiger partial charge in [-0.2, -0.15) is 0 Å². The van der Waals surface area contributed by atoms with E-state index in [1.165, 1.54) is 23.1 Å². The number of carbonyl (C=O) groups is 2. The number of aromatic nitrogens is 3. The van der Waals surface area contributed by atoms with Gasteiger partial charge < -0.3 is 25.3 Å². The minimum Gasteiger partial charge on any atom is -0.396 e. The van der Waals surface area contributed by atoms with Crippen molar-refractivity contribution in [2.75, 3.05) is 36.0 Å². The van der Waals surface area contributed by atoms with Crippen molar-refractivity contribution in [2.45, 2.75) is 38.5 Å². The molecule has 1 saturated heterocycles. The number of benzene rings is 2. The Bertz CT molecular complexity index is 1520. The Hall–Kier alpha value is -4.46. The smallest absolute Gasteiger partial charge is 0.269 e. The number of nitro groups is 1. The number of piperazine rings is 1. The number of anilines is 2. The fraction of sp³-hybridized carbons (Fsp3) is 0.379. The van der Waals surface area contributed by atoms with Crippen molar-refractivity contribution < 1.29 is 24.7 Å². The van der Waals surface area contributed by atoms with Crippen LogP contribution >= 0.6 is 0 Å². The summed E-state index contributed by atoms with van der Waals surface area (Å²) in [5, 5.41) is 43.6. The quantitative estimate of drug-likeness (QED) is 0.175. The van der Waals surface area contributed by atoms with E-state index in [4.69, 9.17) is 5.11 Å². The first-order valence-corrected chi connectivity index (χ1v) is 13.8. The monoisotopic (exact) mass is 575 g/mol. The normalized spacial score (nSPS) is 19.5. The molecule has 220 valence electrons. The van der Waals surface area contributed by atoms with Gasteiger partial charge in [0.05, 0.1) is 29.4 Å². The Labute approximate surface area is 242 Å². The van der Waals surface area contributed by atoms with Crippen LogP contribution < -0.4 is 15.1 Å². The lowest BCUT2D eigenvalue weighted by atomic mass is 9.82. The van der Waals surface area contributed by atoms with Crippen LogP contribution in [0.4, 0.5) is 17.1 Å². The number of non-ortho nitro benzene ring substituents is 1. The second-order valence-electron chi connectivity index (χ2n) is 10.5. The maximum absolute atomic E-state index is 13.9. The van der Waals surface area contributed by atoms with E-state index in [2.05, 4.69) is 15.6 Å². The molecule has 0 aliphatic carbocycles. The lowest BCUT2D eigenvalue weighted by molar-refractivity contribution is -0.385. The molecule has 2 aliphatic heterocycles. The van der Waals surface area contributed by atoms with Crippen LogP contribution in [0.1, 0.15) is 30.2 Å². The Balaban J connectivity index is 1.38. The highest BCUT2D eigenvalue weighted by Crippen LogP contribution is 2.47. The average molecular weight is 576 g/mol. The number of carbonyl (C=O) groups excluding carboxylic acids is 2. The maximum atomic E-state index is 13.9. The number of aryl methyl sites for hydroxylation is 1. The number of amides is 2. The highest BCUT2D eigenvalue weighted by Gasteiger charge is 2.53. The van der Waals surface area contributed by atoms with Crippen molar-refractivity contribution in [3.8, 4) is 0 Å². The molecule has 13 nitrogen and oxygen atoms in total. The highest BCUT2D eigenvalue weighted by molar-refractivity contribution is 6.07. The van der Waals surface area contributed by atoms with E-state index in [0.29, 0.717) is 43.9 Å². The molecule has 0 bridgehead atoms. The minimum absolute atomic E-state index is 0.0132. The summed E-state index contributed by atoms with van der Waals surface area (Å²) in [7, 11) is 0. The summed E-state index contributed by atoms with van der Waals surface area (Å²) in [4.78, 5) is 40.5. The number of nitro benzene ring substituents is 1. The summed E-state index contributed by atoms with van der Waals surface area (Å²) in [5.74, 6) is -1.33. The molecule has 0 unspecified atom stereocenters. The Kier molecular flexibility index (Phi) is 8.43. The summed E-state index contributed by atoms with van der Waals surface area (Å²) >= 11 is 0. The van der Waals surface area contributed by atoms with Crippen LogP contribution in [-0.4, -0.2) is 68.2 Å². The third-order valence-corrected chi connectivity index (χ3v) is 7.68. The van der Waals surface area contributed by atoms with Crippen LogP contribution in [-0.2, 0) is 34.7 Å². The van der Waals surface area contributed by atoms with Crippen molar-refractivity contribution in [2.24, 2.45) is 5.92 Å². The SMILES string of the molecule is C[C@H](/C=C/CCn1cc(CCO)nn1)[C@@]1(O)C(=O)N(Cc2cccc(N3CCNCC3=O)c2)c2ccc([N+](=O)[O-])cc21. The third-order valence-electron chi connectivity index (χ3n) is 7.68. The first-order valence-electron chi connectivity index (χ1n) is 13.8. The first-order chi connectivity index (χ1) is 20.2. The van der Waals surface area contributed by atoms with Gasteiger partial charge >= 0.3 is 0 Å². The molecule has 3 aromatic rings. The average Bonchev–Trinajstić information content (AvgIpc) is 3.52. The molecule has 1 aromatic heterocycles. The van der Waals surface area contributed by atoms with Crippen LogP contribution in [0.25, 0.3) is 0 Å². The molecule has 42 heavy (non-hydrogen) atoms. The van der Waals surface area contributed by atoms with E-state index in [-0.39, 0.29) is 36.9 Å². The molecular formula is C29H33N7O6. The van der Waals surface area contributed by atoms with Crippen LogP contribution in [0.3, 0.4) is 0 Å². The fourth-order valence-corrected chi connectivity index (χ4v) is 5.41. The van der Waals surface area contributed by atoms with Gasteiger partial charge in [-0.1, -0.05) is 36.4 Å². The van der Waals surface area contributed by atoms with Crippen molar-refractivity contribution in [3.05, 3.63) is 87.7 Å². The first kappa shape index (κ1) is 29.0. The Morgan fingerprint density at radius 2 is 2.07 bits per heavy atom. The van der Waals surface area contributed by atoms with Gasteiger partial charge in [0, 0.05) is 68.2 Å². The minimum atomic E-state index is -2.02. The molecule has 2 aromatic carbocycles. The summed E-state index contributed by atoms with van der Waals surface area (Å²) in [6.07, 6.45) is 6.27. The Morgan fingerprint density at radius 1 is 1.24 bits per heavy atom. The molecule has 0 spiro atoms. The van der Waals surface area contributed by atoms with Crippen molar-refractivity contribution in [1.29, 1.82) is 0 Å². The van der Waals surface area contributed by atoms with Gasteiger partial charge in [0.15, 0.2) is 5.60 Å². The maximum Gasteiger partial charge on any atom is 0.269 e. The molecule has 2 atom stereocenters. The van der Waals surface area contributed by atoms with Gasteiger partial charge in [0.2, 0.25) is 5.91 Å². The van der Waals surface area contributed by atoms with Gasteiger partial charge in [0.1, 0.15) is 0 Å². The van der Waals surface area contributed by atoms with Crippen LogP contribution in [0.2, 0.25) is 0 Å². The van der Waals surface area contributed by atoms with E-state index in [1.54, 1.807) is 28.8 Å². The van der Waals surface area contributed by atoms with Gasteiger partial charge in [-0.3, -0.25) is 24.4 Å².